The van der Waals surface area contributed by atoms with E-state index in [1.165, 1.54) is 0 Å². The Labute approximate surface area is 161 Å². The smallest absolute Gasteiger partial charge is 0.420 e. The number of carboxylic acid groups (broad SMARTS) is 1. The topological polar surface area (TPSA) is 116 Å². The van der Waals surface area contributed by atoms with Gasteiger partial charge in [0, 0.05) is 12.1 Å². The lowest BCUT2D eigenvalue weighted by molar-refractivity contribution is -0.138. The minimum absolute atomic E-state index is 0.0273. The van der Waals surface area contributed by atoms with E-state index in [1.807, 2.05) is 0 Å². The fraction of sp³-hybridized carbons (Fsp3) is 0.353. The van der Waals surface area contributed by atoms with Gasteiger partial charge in [-0.05, 0) is 24.6 Å². The first-order chi connectivity index (χ1) is 13.6. The van der Waals surface area contributed by atoms with Crippen LogP contribution in [0.3, 0.4) is 0 Å². The Kier molecular flexibility index (Phi) is 5.57. The van der Waals surface area contributed by atoms with Crippen molar-refractivity contribution in [2.24, 2.45) is 0 Å². The van der Waals surface area contributed by atoms with Crippen LogP contribution >= 0.6 is 0 Å². The van der Waals surface area contributed by atoms with E-state index in [-0.39, 0.29) is 48.5 Å². The van der Waals surface area contributed by atoms with Crippen molar-refractivity contribution in [2.45, 2.75) is 25.2 Å². The van der Waals surface area contributed by atoms with Crippen LogP contribution in [0.5, 0.6) is 11.6 Å². The quantitative estimate of drug-likeness (QED) is 0.655. The zero-order valence-electron chi connectivity index (χ0n) is 14.6. The van der Waals surface area contributed by atoms with E-state index < -0.39 is 42.1 Å². The summed E-state index contributed by atoms with van der Waals surface area (Å²) in [4.78, 5) is 20.1. The van der Waals surface area contributed by atoms with Gasteiger partial charge < -0.3 is 25.0 Å². The van der Waals surface area contributed by atoms with Gasteiger partial charge in [-0.25, -0.2) is 14.2 Å². The maximum atomic E-state index is 13.3. The normalized spacial score (nSPS) is 15.0. The molecular weight excluding hydrogens is 402 g/mol. The molecule has 8 nitrogen and oxygen atoms in total. The van der Waals surface area contributed by atoms with E-state index in [9.17, 15) is 27.5 Å². The van der Waals surface area contributed by atoms with Crippen LogP contribution in [-0.2, 0) is 19.1 Å². The molecule has 0 fully saturated rings. The second-order valence-electron chi connectivity index (χ2n) is 6.21. The summed E-state index contributed by atoms with van der Waals surface area (Å²) in [5, 5.41) is 28.1. The zero-order chi connectivity index (χ0) is 21.3. The van der Waals surface area contributed by atoms with Gasteiger partial charge in [-0.3, -0.25) is 0 Å². The predicted octanol–water partition coefficient (Wildman–Crippen LogP) is 2.49. The number of rotatable bonds is 4. The summed E-state index contributed by atoms with van der Waals surface area (Å²) in [7, 11) is 0. The van der Waals surface area contributed by atoms with Crippen LogP contribution in [0.4, 0.5) is 22.4 Å². The van der Waals surface area contributed by atoms with Crippen molar-refractivity contribution in [3.05, 3.63) is 46.7 Å². The van der Waals surface area contributed by atoms with Crippen LogP contribution in [0.1, 0.15) is 28.7 Å². The molecule has 1 aromatic heterocycles. The summed E-state index contributed by atoms with van der Waals surface area (Å²) in [6.45, 7) is -0.949. The standard InChI is InChI=1S/C17H15F4N3O5/c18-8-1-2-13(10(5-8)17(19,20)21)29-15-9-3-4-24(16(27)28)6-11(9)22-14(23-15)12(26)7-25/h1-2,5,12,25-26H,3-4,6-7H2,(H,27,28). The molecule has 0 saturated carbocycles. The van der Waals surface area contributed by atoms with E-state index in [0.717, 1.165) is 17.0 Å². The number of benzene rings is 1. The maximum Gasteiger partial charge on any atom is 0.420 e. The number of halogens is 4. The number of ether oxygens (including phenoxy) is 1. The Morgan fingerprint density at radius 1 is 1.31 bits per heavy atom. The predicted molar refractivity (Wildman–Crippen MR) is 87.7 cm³/mol. The minimum Gasteiger partial charge on any atom is -0.465 e. The summed E-state index contributed by atoms with van der Waals surface area (Å²) in [5.74, 6) is -2.50. The van der Waals surface area contributed by atoms with Crippen molar-refractivity contribution in [1.82, 2.24) is 14.9 Å². The molecule has 29 heavy (non-hydrogen) atoms. The van der Waals surface area contributed by atoms with Gasteiger partial charge in [0.15, 0.2) is 5.82 Å². The van der Waals surface area contributed by atoms with E-state index in [1.54, 1.807) is 0 Å². The lowest BCUT2D eigenvalue weighted by atomic mass is 10.1. The summed E-state index contributed by atoms with van der Waals surface area (Å²) in [6.07, 6.45) is -7.63. The molecule has 0 saturated heterocycles. The first-order valence-corrected chi connectivity index (χ1v) is 8.31. The molecule has 0 radical (unpaired) electrons. The molecule has 2 heterocycles. The largest absolute Gasteiger partial charge is 0.465 e. The van der Waals surface area contributed by atoms with Gasteiger partial charge in [0.1, 0.15) is 23.2 Å². The number of fused-ring (bicyclic) bond motifs is 1. The lowest BCUT2D eigenvalue weighted by Crippen LogP contribution is -2.36. The number of nitrogens with zero attached hydrogens (tertiary/aromatic N) is 3. The molecule has 3 rings (SSSR count). The first-order valence-electron chi connectivity index (χ1n) is 8.31. The highest BCUT2D eigenvalue weighted by atomic mass is 19.4. The Hall–Kier alpha value is -2.99. The summed E-state index contributed by atoms with van der Waals surface area (Å²) in [6, 6.07) is 1.85. The Morgan fingerprint density at radius 3 is 2.66 bits per heavy atom. The molecule has 1 aromatic carbocycles. The molecule has 0 bridgehead atoms. The highest BCUT2D eigenvalue weighted by molar-refractivity contribution is 5.65. The fourth-order valence-corrected chi connectivity index (χ4v) is 2.81. The number of hydrogen-bond donors (Lipinski definition) is 3. The number of hydrogen-bond acceptors (Lipinski definition) is 6. The van der Waals surface area contributed by atoms with Gasteiger partial charge >= 0.3 is 12.3 Å². The number of carbonyl (C=O) groups is 1. The molecule has 1 amide bonds. The van der Waals surface area contributed by atoms with E-state index in [4.69, 9.17) is 14.9 Å². The SMILES string of the molecule is O=C(O)N1CCc2c(nc(C(O)CO)nc2Oc2ccc(F)cc2C(F)(F)F)C1. The number of aliphatic hydroxyl groups is 2. The van der Waals surface area contributed by atoms with Crippen LogP contribution < -0.4 is 4.74 Å². The van der Waals surface area contributed by atoms with Crippen molar-refractivity contribution < 1.29 is 42.4 Å². The van der Waals surface area contributed by atoms with Crippen LogP contribution in [0.15, 0.2) is 18.2 Å². The summed E-state index contributed by atoms with van der Waals surface area (Å²) in [5.41, 5.74) is -0.979. The monoisotopic (exact) mass is 417 g/mol. The number of aliphatic hydroxyl groups excluding tert-OH is 2. The highest BCUT2D eigenvalue weighted by Crippen LogP contribution is 2.39. The Balaban J connectivity index is 2.08. The second-order valence-corrected chi connectivity index (χ2v) is 6.21. The van der Waals surface area contributed by atoms with Gasteiger partial charge in [-0.15, -0.1) is 0 Å². The highest BCUT2D eigenvalue weighted by Gasteiger charge is 2.36. The van der Waals surface area contributed by atoms with Gasteiger partial charge in [-0.2, -0.15) is 18.2 Å². The lowest BCUT2D eigenvalue weighted by Gasteiger charge is -2.27. The zero-order valence-corrected chi connectivity index (χ0v) is 14.6. The Bertz CT molecular complexity index is 938. The number of alkyl halides is 3. The number of amides is 1. The maximum absolute atomic E-state index is 13.3. The molecule has 1 unspecified atom stereocenters. The summed E-state index contributed by atoms with van der Waals surface area (Å²) < 4.78 is 58.4. The molecule has 3 N–H and O–H groups in total. The summed E-state index contributed by atoms with van der Waals surface area (Å²) >= 11 is 0. The van der Waals surface area contributed by atoms with Gasteiger partial charge in [-0.1, -0.05) is 0 Å². The van der Waals surface area contributed by atoms with Crippen LogP contribution in [0, 0.1) is 5.82 Å². The van der Waals surface area contributed by atoms with Gasteiger partial charge in [0.05, 0.1) is 18.8 Å². The van der Waals surface area contributed by atoms with Crippen LogP contribution in [0.2, 0.25) is 0 Å². The molecule has 1 aliphatic heterocycles. The van der Waals surface area contributed by atoms with Crippen molar-refractivity contribution in [2.75, 3.05) is 13.2 Å². The minimum atomic E-state index is -4.90. The molecular formula is C17H15F4N3O5. The van der Waals surface area contributed by atoms with E-state index in [2.05, 4.69) is 9.97 Å². The fourth-order valence-electron chi connectivity index (χ4n) is 2.81. The molecule has 1 aliphatic rings. The molecule has 156 valence electrons. The average molecular weight is 417 g/mol. The molecule has 1 atom stereocenters. The second kappa shape index (κ2) is 7.79. The van der Waals surface area contributed by atoms with Crippen molar-refractivity contribution in [3.8, 4) is 11.6 Å². The third-order valence-electron chi connectivity index (χ3n) is 4.24. The van der Waals surface area contributed by atoms with E-state index in [0.29, 0.717) is 0 Å². The van der Waals surface area contributed by atoms with Crippen molar-refractivity contribution in [3.63, 3.8) is 0 Å². The van der Waals surface area contributed by atoms with Crippen LogP contribution in [-0.4, -0.2) is 49.4 Å². The molecule has 0 spiro atoms. The Morgan fingerprint density at radius 2 is 2.03 bits per heavy atom. The van der Waals surface area contributed by atoms with Gasteiger partial charge in [0.2, 0.25) is 5.88 Å². The molecule has 0 aliphatic carbocycles. The average Bonchev–Trinajstić information content (AvgIpc) is 2.67. The van der Waals surface area contributed by atoms with E-state index >= 15 is 0 Å². The number of aromatic nitrogens is 2. The molecule has 2 aromatic rings. The van der Waals surface area contributed by atoms with Crippen molar-refractivity contribution >= 4 is 6.09 Å². The third kappa shape index (κ3) is 4.38. The third-order valence-corrected chi connectivity index (χ3v) is 4.24. The molecule has 12 heteroatoms. The first kappa shape index (κ1) is 20.7. The van der Waals surface area contributed by atoms with Crippen LogP contribution in [0.25, 0.3) is 0 Å². The van der Waals surface area contributed by atoms with Gasteiger partial charge in [0.25, 0.3) is 0 Å². The van der Waals surface area contributed by atoms with Crippen molar-refractivity contribution in [1.29, 1.82) is 0 Å².